The number of hydrogen-bond acceptors (Lipinski definition) is 7. The smallest absolute Gasteiger partial charge is 0.411 e. The molecule has 10 heteroatoms. The summed E-state index contributed by atoms with van der Waals surface area (Å²) in [7, 11) is 0. The molecule has 40 heavy (non-hydrogen) atoms. The maximum atomic E-state index is 12.5. The minimum atomic E-state index is -0.531. The molecular formula is C30H38N4O6. The Morgan fingerprint density at radius 3 is 2.45 bits per heavy atom. The molecule has 0 saturated carbocycles. The molecule has 3 rings (SSSR count). The molecule has 0 radical (unpaired) electrons. The molecule has 10 nitrogen and oxygen atoms in total. The SMILES string of the molecule is CCOC(=O)Nc1cccc(Cn2nc(-c3ccc(OCCCCCNC(=O)OC(C)(C)C)cc3)ccc2=O)c1. The van der Waals surface area contributed by atoms with Gasteiger partial charge >= 0.3 is 12.2 Å². The number of rotatable bonds is 12. The normalized spacial score (nSPS) is 11.0. The maximum absolute atomic E-state index is 12.5. The van der Waals surface area contributed by atoms with Gasteiger partial charge in [0, 0.05) is 23.9 Å². The molecule has 3 aromatic rings. The van der Waals surface area contributed by atoms with Crippen molar-refractivity contribution in [1.82, 2.24) is 15.1 Å². The maximum Gasteiger partial charge on any atom is 0.411 e. The quantitative estimate of drug-likeness (QED) is 0.282. The average molecular weight is 551 g/mol. The van der Waals surface area contributed by atoms with Crippen molar-refractivity contribution >= 4 is 17.9 Å². The first kappa shape index (κ1) is 30.2. The van der Waals surface area contributed by atoms with E-state index in [9.17, 15) is 14.4 Å². The van der Waals surface area contributed by atoms with Gasteiger partial charge in [0.1, 0.15) is 11.4 Å². The Labute approximate surface area is 234 Å². The van der Waals surface area contributed by atoms with Crippen LogP contribution in [0.5, 0.6) is 5.75 Å². The summed E-state index contributed by atoms with van der Waals surface area (Å²) in [6.45, 7) is 8.90. The molecule has 1 aromatic heterocycles. The second kappa shape index (κ2) is 14.7. The summed E-state index contributed by atoms with van der Waals surface area (Å²) in [5.41, 5.74) is 2.17. The molecule has 1 heterocycles. The van der Waals surface area contributed by atoms with Gasteiger partial charge in [-0.1, -0.05) is 12.1 Å². The number of alkyl carbamates (subject to hydrolysis) is 1. The number of nitrogens with zero attached hydrogens (tertiary/aromatic N) is 2. The summed E-state index contributed by atoms with van der Waals surface area (Å²) in [4.78, 5) is 35.8. The Balaban J connectivity index is 1.48. The van der Waals surface area contributed by atoms with Crippen LogP contribution >= 0.6 is 0 Å². The lowest BCUT2D eigenvalue weighted by atomic mass is 10.1. The zero-order chi connectivity index (χ0) is 29.0. The van der Waals surface area contributed by atoms with Gasteiger partial charge in [0.05, 0.1) is 25.5 Å². The van der Waals surface area contributed by atoms with E-state index in [4.69, 9.17) is 14.2 Å². The van der Waals surface area contributed by atoms with Crippen LogP contribution in [-0.2, 0) is 16.0 Å². The van der Waals surface area contributed by atoms with Gasteiger partial charge in [-0.05, 0) is 95.0 Å². The van der Waals surface area contributed by atoms with Crippen LogP contribution in [0, 0.1) is 0 Å². The van der Waals surface area contributed by atoms with Gasteiger partial charge in [0.25, 0.3) is 5.56 Å². The highest BCUT2D eigenvalue weighted by molar-refractivity contribution is 5.84. The van der Waals surface area contributed by atoms with Crippen LogP contribution in [0.3, 0.4) is 0 Å². The lowest BCUT2D eigenvalue weighted by Gasteiger charge is -2.19. The lowest BCUT2D eigenvalue weighted by molar-refractivity contribution is 0.0527. The van der Waals surface area contributed by atoms with Gasteiger partial charge in [0.2, 0.25) is 0 Å². The van der Waals surface area contributed by atoms with E-state index in [0.717, 1.165) is 36.1 Å². The first-order valence-corrected chi connectivity index (χ1v) is 13.4. The Kier molecular flexibility index (Phi) is 11.1. The third-order valence-electron chi connectivity index (χ3n) is 5.56. The molecule has 2 aromatic carbocycles. The van der Waals surface area contributed by atoms with E-state index in [1.165, 1.54) is 10.7 Å². The average Bonchev–Trinajstić information content (AvgIpc) is 2.89. The number of benzene rings is 2. The van der Waals surface area contributed by atoms with Gasteiger partial charge in [-0.25, -0.2) is 14.3 Å². The van der Waals surface area contributed by atoms with Crippen LogP contribution < -0.4 is 20.9 Å². The number of nitrogens with one attached hydrogen (secondary N) is 2. The van der Waals surface area contributed by atoms with E-state index >= 15 is 0 Å². The lowest BCUT2D eigenvalue weighted by Crippen LogP contribution is -2.33. The summed E-state index contributed by atoms with van der Waals surface area (Å²) in [5, 5.41) is 9.95. The minimum Gasteiger partial charge on any atom is -0.494 e. The Hall–Kier alpha value is -4.34. The fraction of sp³-hybridized carbons (Fsp3) is 0.400. The van der Waals surface area contributed by atoms with E-state index in [1.807, 2.05) is 51.1 Å². The fourth-order valence-corrected chi connectivity index (χ4v) is 3.74. The largest absolute Gasteiger partial charge is 0.494 e. The van der Waals surface area contributed by atoms with Gasteiger partial charge < -0.3 is 19.5 Å². The van der Waals surface area contributed by atoms with Gasteiger partial charge in [0.15, 0.2) is 0 Å². The number of ether oxygens (including phenoxy) is 3. The first-order chi connectivity index (χ1) is 19.1. The van der Waals surface area contributed by atoms with Crippen LogP contribution in [0.4, 0.5) is 15.3 Å². The van der Waals surface area contributed by atoms with E-state index < -0.39 is 17.8 Å². The third kappa shape index (κ3) is 10.4. The van der Waals surface area contributed by atoms with Crippen molar-refractivity contribution in [3.63, 3.8) is 0 Å². The number of carbonyl (C=O) groups excluding carboxylic acids is 2. The fourth-order valence-electron chi connectivity index (χ4n) is 3.74. The van der Waals surface area contributed by atoms with E-state index in [1.54, 1.807) is 31.2 Å². The number of anilines is 1. The number of hydrogen-bond donors (Lipinski definition) is 2. The first-order valence-electron chi connectivity index (χ1n) is 13.4. The Bertz CT molecular complexity index is 1310. The number of aromatic nitrogens is 2. The zero-order valence-corrected chi connectivity index (χ0v) is 23.6. The van der Waals surface area contributed by atoms with Crippen LogP contribution in [0.25, 0.3) is 11.3 Å². The van der Waals surface area contributed by atoms with E-state index in [-0.39, 0.29) is 18.7 Å². The highest BCUT2D eigenvalue weighted by Crippen LogP contribution is 2.20. The van der Waals surface area contributed by atoms with E-state index in [0.29, 0.717) is 24.5 Å². The molecule has 0 spiro atoms. The summed E-state index contributed by atoms with van der Waals surface area (Å²) in [6.07, 6.45) is 1.69. The second-order valence-electron chi connectivity index (χ2n) is 10.1. The molecule has 0 saturated heterocycles. The standard InChI is InChI=1S/C30H38N4O6/c1-5-38-29(37)32-24-11-9-10-22(20-24)21-34-27(35)17-16-26(33-34)23-12-14-25(15-13-23)39-19-8-6-7-18-31-28(36)40-30(2,3)4/h9-17,20H,5-8,18-19,21H2,1-4H3,(H,31,36)(H,32,37). The predicted molar refractivity (Wildman–Crippen MR) is 154 cm³/mol. The van der Waals surface area contributed by atoms with Crippen LogP contribution in [-0.4, -0.2) is 47.3 Å². The van der Waals surface area contributed by atoms with Gasteiger partial charge in [-0.3, -0.25) is 10.1 Å². The molecule has 214 valence electrons. The molecule has 0 unspecified atom stereocenters. The van der Waals surface area contributed by atoms with Crippen molar-refractivity contribution in [2.24, 2.45) is 0 Å². The monoisotopic (exact) mass is 550 g/mol. The van der Waals surface area contributed by atoms with Crippen LogP contribution in [0.15, 0.2) is 65.5 Å². The third-order valence-corrected chi connectivity index (χ3v) is 5.56. The number of unbranched alkanes of at least 4 members (excludes halogenated alkanes) is 2. The number of carbonyl (C=O) groups is 2. The topological polar surface area (TPSA) is 121 Å². The molecule has 0 aliphatic heterocycles. The minimum absolute atomic E-state index is 0.228. The molecule has 2 amide bonds. The summed E-state index contributed by atoms with van der Waals surface area (Å²) in [6, 6.07) is 17.9. The van der Waals surface area contributed by atoms with Crippen molar-refractivity contribution in [1.29, 1.82) is 0 Å². The van der Waals surface area contributed by atoms with Crippen LogP contribution in [0.1, 0.15) is 52.5 Å². The van der Waals surface area contributed by atoms with Crippen molar-refractivity contribution < 1.29 is 23.8 Å². The number of amides is 2. The molecular weight excluding hydrogens is 512 g/mol. The molecule has 0 aliphatic rings. The molecule has 2 N–H and O–H groups in total. The molecule has 0 atom stereocenters. The van der Waals surface area contributed by atoms with Crippen molar-refractivity contribution in [3.8, 4) is 17.0 Å². The summed E-state index contributed by atoms with van der Waals surface area (Å²) < 4.78 is 17.4. The molecule has 0 aliphatic carbocycles. The van der Waals surface area contributed by atoms with Crippen molar-refractivity contribution in [2.75, 3.05) is 25.1 Å². The molecule has 0 bridgehead atoms. The summed E-state index contributed by atoms with van der Waals surface area (Å²) >= 11 is 0. The Morgan fingerprint density at radius 2 is 1.73 bits per heavy atom. The highest BCUT2D eigenvalue weighted by atomic mass is 16.6. The molecule has 0 fully saturated rings. The van der Waals surface area contributed by atoms with Crippen molar-refractivity contribution in [3.05, 3.63) is 76.6 Å². The van der Waals surface area contributed by atoms with E-state index in [2.05, 4.69) is 15.7 Å². The summed E-state index contributed by atoms with van der Waals surface area (Å²) in [5.74, 6) is 0.745. The van der Waals surface area contributed by atoms with Gasteiger partial charge in [-0.15, -0.1) is 0 Å². The highest BCUT2D eigenvalue weighted by Gasteiger charge is 2.15. The second-order valence-corrected chi connectivity index (χ2v) is 10.1. The van der Waals surface area contributed by atoms with Crippen molar-refractivity contribution in [2.45, 2.75) is 59.1 Å². The van der Waals surface area contributed by atoms with Crippen LogP contribution in [0.2, 0.25) is 0 Å². The zero-order valence-electron chi connectivity index (χ0n) is 23.6. The Morgan fingerprint density at radius 1 is 0.950 bits per heavy atom. The van der Waals surface area contributed by atoms with Gasteiger partial charge in [-0.2, -0.15) is 5.10 Å². The predicted octanol–water partition coefficient (Wildman–Crippen LogP) is 5.60.